The van der Waals surface area contributed by atoms with Gasteiger partial charge < -0.3 is 20.5 Å². The van der Waals surface area contributed by atoms with Gasteiger partial charge in [0.25, 0.3) is 0 Å². The van der Waals surface area contributed by atoms with Gasteiger partial charge in [0.05, 0.1) is 0 Å². The largest absolute Gasteiger partial charge is 0.361 e. The van der Waals surface area contributed by atoms with Gasteiger partial charge in [-0.1, -0.05) is 25.1 Å². The Morgan fingerprint density at radius 1 is 1.18 bits per heavy atom. The molecule has 1 aromatic carbocycles. The monoisotopic (exact) mass is 497 g/mol. The van der Waals surface area contributed by atoms with Crippen molar-refractivity contribution in [1.29, 1.82) is 0 Å². The Morgan fingerprint density at radius 3 is 2.71 bits per heavy atom. The summed E-state index contributed by atoms with van der Waals surface area (Å²) in [6, 6.07) is 8.49. The highest BCUT2D eigenvalue weighted by atomic mass is 127. The van der Waals surface area contributed by atoms with E-state index >= 15 is 0 Å². The van der Waals surface area contributed by atoms with E-state index in [4.69, 9.17) is 4.99 Å². The molecule has 2 aromatic rings. The second kappa shape index (κ2) is 12.3. The molecule has 1 fully saturated rings. The van der Waals surface area contributed by atoms with Crippen LogP contribution < -0.4 is 10.6 Å². The third kappa shape index (κ3) is 6.65. The second-order valence-electron chi connectivity index (χ2n) is 7.54. The van der Waals surface area contributed by atoms with Gasteiger partial charge in [0.2, 0.25) is 0 Å². The third-order valence-corrected chi connectivity index (χ3v) is 5.46. The highest BCUT2D eigenvalue weighted by molar-refractivity contribution is 14.0. The number of nitrogens with zero attached hydrogens (tertiary/aromatic N) is 2. The summed E-state index contributed by atoms with van der Waals surface area (Å²) in [7, 11) is 0. The SMILES string of the molecule is CCCN1CCC(CN=C(NCC)NCCc2c[nH]c3ccccc23)CC1.I. The zero-order chi connectivity index (χ0) is 18.9. The summed E-state index contributed by atoms with van der Waals surface area (Å²) in [4.78, 5) is 10.8. The Hall–Kier alpha value is -1.28. The Balaban J connectivity index is 0.00000280. The topological polar surface area (TPSA) is 55.4 Å². The maximum absolute atomic E-state index is 4.86. The van der Waals surface area contributed by atoms with Gasteiger partial charge in [-0.2, -0.15) is 0 Å². The van der Waals surface area contributed by atoms with Crippen molar-refractivity contribution in [1.82, 2.24) is 20.5 Å². The average Bonchev–Trinajstić information content (AvgIpc) is 3.11. The number of halogens is 1. The number of rotatable bonds is 8. The number of aromatic nitrogens is 1. The van der Waals surface area contributed by atoms with E-state index in [1.165, 1.54) is 55.4 Å². The first-order valence-electron chi connectivity index (χ1n) is 10.6. The number of guanidine groups is 1. The van der Waals surface area contributed by atoms with Crippen LogP contribution in [0.1, 0.15) is 38.7 Å². The lowest BCUT2D eigenvalue weighted by molar-refractivity contribution is 0.188. The van der Waals surface area contributed by atoms with Gasteiger partial charge in [0.1, 0.15) is 0 Å². The number of piperidine rings is 1. The van der Waals surface area contributed by atoms with Gasteiger partial charge in [-0.3, -0.25) is 4.99 Å². The van der Waals surface area contributed by atoms with E-state index in [0.717, 1.165) is 37.9 Å². The molecule has 28 heavy (non-hydrogen) atoms. The average molecular weight is 497 g/mol. The molecular weight excluding hydrogens is 461 g/mol. The molecule has 1 aliphatic rings. The number of hydrogen-bond donors (Lipinski definition) is 3. The molecule has 0 bridgehead atoms. The fourth-order valence-corrected chi connectivity index (χ4v) is 3.93. The van der Waals surface area contributed by atoms with Gasteiger partial charge in [0, 0.05) is 36.7 Å². The van der Waals surface area contributed by atoms with E-state index in [2.05, 4.69) is 64.8 Å². The van der Waals surface area contributed by atoms with Crippen LogP contribution in [0, 0.1) is 5.92 Å². The van der Waals surface area contributed by atoms with Crippen LogP contribution in [0.5, 0.6) is 0 Å². The summed E-state index contributed by atoms with van der Waals surface area (Å²) in [6.07, 6.45) is 6.93. The molecule has 0 radical (unpaired) electrons. The van der Waals surface area contributed by atoms with Crippen LogP contribution in [-0.4, -0.2) is 55.1 Å². The molecule has 0 atom stereocenters. The fourth-order valence-electron chi connectivity index (χ4n) is 3.93. The molecular formula is C22H36IN5. The second-order valence-corrected chi connectivity index (χ2v) is 7.54. The smallest absolute Gasteiger partial charge is 0.191 e. The molecule has 3 rings (SSSR count). The standard InChI is InChI=1S/C22H35N5.HI/c1-3-13-27-14-10-18(11-15-27)16-26-22(23-4-2)24-12-9-19-17-25-21-8-6-5-7-20(19)21;/h5-8,17-18,25H,3-4,9-16H2,1-2H3,(H2,23,24,26);1H. The zero-order valence-electron chi connectivity index (χ0n) is 17.3. The molecule has 1 aliphatic heterocycles. The molecule has 0 saturated carbocycles. The molecule has 5 nitrogen and oxygen atoms in total. The predicted molar refractivity (Wildman–Crippen MR) is 131 cm³/mol. The van der Waals surface area contributed by atoms with E-state index in [1.54, 1.807) is 0 Å². The van der Waals surface area contributed by atoms with Crippen LogP contribution in [0.2, 0.25) is 0 Å². The van der Waals surface area contributed by atoms with Gasteiger partial charge in [0.15, 0.2) is 5.96 Å². The van der Waals surface area contributed by atoms with Gasteiger partial charge >= 0.3 is 0 Å². The number of hydrogen-bond acceptors (Lipinski definition) is 2. The first kappa shape index (κ1) is 23.0. The van der Waals surface area contributed by atoms with Crippen molar-refractivity contribution in [2.45, 2.75) is 39.5 Å². The number of para-hydroxylation sites is 1. The number of H-pyrrole nitrogens is 1. The summed E-state index contributed by atoms with van der Waals surface area (Å²) in [5, 5.41) is 8.22. The van der Waals surface area contributed by atoms with Crippen LogP contribution in [-0.2, 0) is 6.42 Å². The van der Waals surface area contributed by atoms with E-state index in [1.807, 2.05) is 0 Å². The number of likely N-dealkylation sites (tertiary alicyclic amines) is 1. The van der Waals surface area contributed by atoms with Crippen molar-refractivity contribution in [3.8, 4) is 0 Å². The van der Waals surface area contributed by atoms with Crippen LogP contribution in [0.3, 0.4) is 0 Å². The molecule has 0 amide bonds. The minimum absolute atomic E-state index is 0. The Morgan fingerprint density at radius 2 is 1.96 bits per heavy atom. The third-order valence-electron chi connectivity index (χ3n) is 5.46. The van der Waals surface area contributed by atoms with Crippen LogP contribution in [0.25, 0.3) is 10.9 Å². The summed E-state index contributed by atoms with van der Waals surface area (Å²) in [5.74, 6) is 1.68. The van der Waals surface area contributed by atoms with Crippen molar-refractivity contribution in [3.63, 3.8) is 0 Å². The van der Waals surface area contributed by atoms with Crippen LogP contribution in [0.15, 0.2) is 35.5 Å². The quantitative estimate of drug-likeness (QED) is 0.294. The first-order chi connectivity index (χ1) is 13.3. The Labute approximate surface area is 186 Å². The van der Waals surface area contributed by atoms with Crippen molar-refractivity contribution in [2.75, 3.05) is 39.3 Å². The van der Waals surface area contributed by atoms with E-state index < -0.39 is 0 Å². The summed E-state index contributed by atoms with van der Waals surface area (Å²) in [6.45, 7) is 10.8. The molecule has 0 aliphatic carbocycles. The zero-order valence-corrected chi connectivity index (χ0v) is 19.7. The molecule has 156 valence electrons. The van der Waals surface area contributed by atoms with Gasteiger partial charge in [-0.15, -0.1) is 24.0 Å². The fraction of sp³-hybridized carbons (Fsp3) is 0.591. The van der Waals surface area contributed by atoms with Crippen molar-refractivity contribution < 1.29 is 0 Å². The highest BCUT2D eigenvalue weighted by Gasteiger charge is 2.18. The van der Waals surface area contributed by atoms with Gasteiger partial charge in [-0.05, 0) is 69.8 Å². The molecule has 2 heterocycles. The molecule has 6 heteroatoms. The highest BCUT2D eigenvalue weighted by Crippen LogP contribution is 2.18. The Bertz CT molecular complexity index is 719. The predicted octanol–water partition coefficient (Wildman–Crippen LogP) is 4.01. The minimum atomic E-state index is 0. The van der Waals surface area contributed by atoms with Crippen LogP contribution in [0.4, 0.5) is 0 Å². The number of fused-ring (bicyclic) bond motifs is 1. The molecule has 3 N–H and O–H groups in total. The van der Waals surface area contributed by atoms with E-state index in [0.29, 0.717) is 0 Å². The van der Waals surface area contributed by atoms with Crippen molar-refractivity contribution >= 4 is 40.8 Å². The lowest BCUT2D eigenvalue weighted by Gasteiger charge is -2.31. The number of aliphatic imine (C=N–C) groups is 1. The normalized spacial score (nSPS) is 16.1. The van der Waals surface area contributed by atoms with Crippen LogP contribution >= 0.6 is 24.0 Å². The molecule has 0 unspecified atom stereocenters. The lowest BCUT2D eigenvalue weighted by atomic mass is 9.97. The van der Waals surface area contributed by atoms with E-state index in [-0.39, 0.29) is 24.0 Å². The molecule has 0 spiro atoms. The van der Waals surface area contributed by atoms with Crippen molar-refractivity contribution in [3.05, 3.63) is 36.0 Å². The summed E-state index contributed by atoms with van der Waals surface area (Å²) >= 11 is 0. The number of benzene rings is 1. The first-order valence-corrected chi connectivity index (χ1v) is 10.6. The Kier molecular flexibility index (Phi) is 10.1. The van der Waals surface area contributed by atoms with E-state index in [9.17, 15) is 0 Å². The number of nitrogens with one attached hydrogen (secondary N) is 3. The minimum Gasteiger partial charge on any atom is -0.361 e. The van der Waals surface area contributed by atoms with Gasteiger partial charge in [-0.25, -0.2) is 0 Å². The number of aromatic amines is 1. The lowest BCUT2D eigenvalue weighted by Crippen LogP contribution is -2.39. The maximum atomic E-state index is 4.86. The molecule has 1 saturated heterocycles. The summed E-state index contributed by atoms with van der Waals surface area (Å²) in [5.41, 5.74) is 2.57. The maximum Gasteiger partial charge on any atom is 0.191 e. The molecule has 1 aromatic heterocycles. The summed E-state index contributed by atoms with van der Waals surface area (Å²) < 4.78 is 0. The van der Waals surface area contributed by atoms with Crippen molar-refractivity contribution in [2.24, 2.45) is 10.9 Å².